The van der Waals surface area contributed by atoms with Gasteiger partial charge in [-0.3, -0.25) is 14.4 Å². The molecule has 0 saturated carbocycles. The molecule has 1 amide bonds. The molecule has 1 rings (SSSR count). The van der Waals surface area contributed by atoms with Gasteiger partial charge in [0.1, 0.15) is 0 Å². The zero-order chi connectivity index (χ0) is 14.3. The summed E-state index contributed by atoms with van der Waals surface area (Å²) in [7, 11) is 1.26. The first-order chi connectivity index (χ1) is 9.02. The van der Waals surface area contributed by atoms with Crippen LogP contribution < -0.4 is 5.32 Å². The predicted octanol–water partition coefficient (Wildman–Crippen LogP) is 1.54. The minimum atomic E-state index is -0.445. The van der Waals surface area contributed by atoms with Gasteiger partial charge in [-0.05, 0) is 34.7 Å². The van der Waals surface area contributed by atoms with Crippen molar-refractivity contribution in [1.82, 2.24) is 5.32 Å². The third-order valence-corrected chi connectivity index (χ3v) is 3.12. The number of nitrogens with one attached hydrogen (secondary N) is 1. The Kier molecular flexibility index (Phi) is 6.48. The molecular formula is C13H14INO4. The minimum Gasteiger partial charge on any atom is -0.469 e. The van der Waals surface area contributed by atoms with Crippen molar-refractivity contribution in [3.8, 4) is 0 Å². The van der Waals surface area contributed by atoms with Gasteiger partial charge in [-0.25, -0.2) is 0 Å². The molecule has 0 radical (unpaired) electrons. The first-order valence-electron chi connectivity index (χ1n) is 5.65. The van der Waals surface area contributed by atoms with Crippen LogP contribution in [0.3, 0.4) is 0 Å². The van der Waals surface area contributed by atoms with E-state index in [0.29, 0.717) is 5.56 Å². The summed E-state index contributed by atoms with van der Waals surface area (Å²) in [6.07, 6.45) is 0.0344. The molecule has 0 aliphatic heterocycles. The fourth-order valence-corrected chi connectivity index (χ4v) is 1.68. The summed E-state index contributed by atoms with van der Waals surface area (Å²) in [6, 6.07) is 7.08. The molecule has 1 aromatic carbocycles. The van der Waals surface area contributed by atoms with Crippen LogP contribution in [0.1, 0.15) is 23.2 Å². The molecule has 1 N–H and O–H groups in total. The van der Waals surface area contributed by atoms with E-state index in [-0.39, 0.29) is 31.1 Å². The van der Waals surface area contributed by atoms with Crippen LogP contribution in [0.4, 0.5) is 0 Å². The number of halogens is 1. The van der Waals surface area contributed by atoms with E-state index in [1.165, 1.54) is 7.11 Å². The highest BCUT2D eigenvalue weighted by Gasteiger charge is 2.10. The van der Waals surface area contributed by atoms with Gasteiger partial charge >= 0.3 is 5.97 Å². The van der Waals surface area contributed by atoms with Crippen molar-refractivity contribution in [1.29, 1.82) is 0 Å². The fraction of sp³-hybridized carbons (Fsp3) is 0.308. The first kappa shape index (κ1) is 15.6. The number of hydrogen-bond acceptors (Lipinski definition) is 4. The number of carbonyl (C=O) groups is 3. The number of esters is 1. The fourth-order valence-electron chi connectivity index (χ4n) is 1.32. The third-order valence-electron chi connectivity index (χ3n) is 2.40. The lowest BCUT2D eigenvalue weighted by Crippen LogP contribution is -2.29. The van der Waals surface area contributed by atoms with Crippen molar-refractivity contribution in [2.24, 2.45) is 0 Å². The van der Waals surface area contributed by atoms with Gasteiger partial charge in [0.2, 0.25) is 5.91 Å². The summed E-state index contributed by atoms with van der Waals surface area (Å²) in [4.78, 5) is 34.0. The highest BCUT2D eigenvalue weighted by Crippen LogP contribution is 2.07. The predicted molar refractivity (Wildman–Crippen MR) is 77.7 cm³/mol. The molecule has 0 aliphatic rings. The zero-order valence-corrected chi connectivity index (χ0v) is 12.6. The number of hydrogen-bond donors (Lipinski definition) is 1. The second kappa shape index (κ2) is 7.88. The summed E-state index contributed by atoms with van der Waals surface area (Å²) in [5.41, 5.74) is 0.550. The van der Waals surface area contributed by atoms with Crippen molar-refractivity contribution >= 4 is 40.3 Å². The van der Waals surface area contributed by atoms with Crippen molar-refractivity contribution < 1.29 is 19.1 Å². The molecule has 19 heavy (non-hydrogen) atoms. The quantitative estimate of drug-likeness (QED) is 0.465. The van der Waals surface area contributed by atoms with Gasteiger partial charge in [0.25, 0.3) is 0 Å². The van der Waals surface area contributed by atoms with E-state index in [9.17, 15) is 14.4 Å². The Balaban J connectivity index is 2.36. The SMILES string of the molecule is COC(=O)CCC(=O)NCC(=O)c1ccc(I)cc1. The lowest BCUT2D eigenvalue weighted by atomic mass is 10.1. The molecule has 0 unspecified atom stereocenters. The van der Waals surface area contributed by atoms with E-state index < -0.39 is 5.97 Å². The first-order valence-corrected chi connectivity index (χ1v) is 6.73. The average Bonchev–Trinajstić information content (AvgIpc) is 2.42. The molecule has 102 valence electrons. The maximum Gasteiger partial charge on any atom is 0.306 e. The molecule has 0 heterocycles. The number of methoxy groups -OCH3 is 1. The summed E-state index contributed by atoms with van der Waals surface area (Å²) in [5, 5.41) is 2.48. The maximum absolute atomic E-state index is 11.7. The van der Waals surface area contributed by atoms with E-state index in [4.69, 9.17) is 0 Å². The number of rotatable bonds is 6. The Morgan fingerprint density at radius 2 is 1.79 bits per heavy atom. The van der Waals surface area contributed by atoms with E-state index in [2.05, 4.69) is 32.6 Å². The van der Waals surface area contributed by atoms with Crippen LogP contribution in [0.15, 0.2) is 24.3 Å². The van der Waals surface area contributed by atoms with Gasteiger partial charge in [0.15, 0.2) is 5.78 Å². The molecule has 6 heteroatoms. The molecular weight excluding hydrogens is 361 g/mol. The lowest BCUT2D eigenvalue weighted by Gasteiger charge is -2.04. The van der Waals surface area contributed by atoms with Gasteiger partial charge in [-0.15, -0.1) is 0 Å². The molecule has 0 aliphatic carbocycles. The number of Topliss-reactive ketones (excluding diaryl/α,β-unsaturated/α-hetero) is 1. The zero-order valence-electron chi connectivity index (χ0n) is 10.4. The van der Waals surface area contributed by atoms with Gasteiger partial charge in [-0.1, -0.05) is 12.1 Å². The van der Waals surface area contributed by atoms with Crippen molar-refractivity contribution in [2.75, 3.05) is 13.7 Å². The average molecular weight is 375 g/mol. The molecule has 0 aromatic heterocycles. The van der Waals surface area contributed by atoms with E-state index in [1.54, 1.807) is 12.1 Å². The Morgan fingerprint density at radius 1 is 1.16 bits per heavy atom. The lowest BCUT2D eigenvalue weighted by molar-refractivity contribution is -0.142. The van der Waals surface area contributed by atoms with Gasteiger partial charge in [-0.2, -0.15) is 0 Å². The second-order valence-corrected chi connectivity index (χ2v) is 5.03. The molecule has 0 fully saturated rings. The maximum atomic E-state index is 11.7. The summed E-state index contributed by atoms with van der Waals surface area (Å²) in [6.45, 7) is -0.0689. The molecule has 0 saturated heterocycles. The van der Waals surface area contributed by atoms with Crippen molar-refractivity contribution in [3.63, 3.8) is 0 Å². The topological polar surface area (TPSA) is 72.5 Å². The third kappa shape index (κ3) is 5.82. The molecule has 5 nitrogen and oxygen atoms in total. The van der Waals surface area contributed by atoms with Crippen LogP contribution in [-0.2, 0) is 14.3 Å². The van der Waals surface area contributed by atoms with E-state index in [0.717, 1.165) is 3.57 Å². The van der Waals surface area contributed by atoms with Crippen LogP contribution >= 0.6 is 22.6 Å². The number of benzene rings is 1. The minimum absolute atomic E-state index is 0.0139. The summed E-state index contributed by atoms with van der Waals surface area (Å²) >= 11 is 2.15. The van der Waals surface area contributed by atoms with E-state index >= 15 is 0 Å². The molecule has 0 bridgehead atoms. The number of carbonyl (C=O) groups excluding carboxylic acids is 3. The van der Waals surface area contributed by atoms with Crippen molar-refractivity contribution in [3.05, 3.63) is 33.4 Å². The monoisotopic (exact) mass is 375 g/mol. The normalized spacial score (nSPS) is 9.79. The standard InChI is InChI=1S/C13H14INO4/c1-19-13(18)7-6-12(17)15-8-11(16)9-2-4-10(14)5-3-9/h2-5H,6-8H2,1H3,(H,15,17). The van der Waals surface area contributed by atoms with E-state index in [1.807, 2.05) is 12.1 Å². The largest absolute Gasteiger partial charge is 0.469 e. The highest BCUT2D eigenvalue weighted by molar-refractivity contribution is 14.1. The highest BCUT2D eigenvalue weighted by atomic mass is 127. The van der Waals surface area contributed by atoms with Crippen molar-refractivity contribution in [2.45, 2.75) is 12.8 Å². The Bertz CT molecular complexity index is 470. The number of amides is 1. The summed E-state index contributed by atoms with van der Waals surface area (Å²) in [5.74, 6) is -0.953. The molecule has 0 spiro atoms. The Morgan fingerprint density at radius 3 is 2.37 bits per heavy atom. The second-order valence-electron chi connectivity index (χ2n) is 3.78. The Hall–Kier alpha value is -1.44. The van der Waals surface area contributed by atoms with Crippen LogP contribution in [0.5, 0.6) is 0 Å². The van der Waals surface area contributed by atoms with Gasteiger partial charge in [0, 0.05) is 15.6 Å². The Labute approximate surface area is 124 Å². The van der Waals surface area contributed by atoms with Crippen LogP contribution in [-0.4, -0.2) is 31.3 Å². The van der Waals surface area contributed by atoms with Crippen LogP contribution in [0.25, 0.3) is 0 Å². The molecule has 0 atom stereocenters. The molecule has 1 aromatic rings. The van der Waals surface area contributed by atoms with Gasteiger partial charge in [0.05, 0.1) is 20.1 Å². The number of ketones is 1. The number of ether oxygens (including phenoxy) is 1. The van der Waals surface area contributed by atoms with Gasteiger partial charge < -0.3 is 10.1 Å². The van der Waals surface area contributed by atoms with Crippen LogP contribution in [0.2, 0.25) is 0 Å². The van der Waals surface area contributed by atoms with Crippen LogP contribution in [0, 0.1) is 3.57 Å². The smallest absolute Gasteiger partial charge is 0.306 e. The summed E-state index contributed by atoms with van der Waals surface area (Å²) < 4.78 is 5.46.